The van der Waals surface area contributed by atoms with E-state index in [9.17, 15) is 14.4 Å². The van der Waals surface area contributed by atoms with Crippen LogP contribution in [0, 0.1) is 0 Å². The van der Waals surface area contributed by atoms with E-state index in [0.29, 0.717) is 19.3 Å². The summed E-state index contributed by atoms with van der Waals surface area (Å²) in [7, 11) is 0. The average Bonchev–Trinajstić information content (AvgIpc) is 3.44. The fourth-order valence-corrected chi connectivity index (χ4v) is 8.88. The SMILES string of the molecule is CC/C=C\C/C=C\C/C=C\C/C=C\C/C=C\CCCC(=O)OC(COC(=O)CCCCCCC/C=C\CCCCCCCCC)COC(=O)CCCCCCCCCCCCCCCC/C=C\C/C=C\C/C=C\C/C=C\CC. The molecule has 0 saturated carbocycles. The van der Waals surface area contributed by atoms with Crippen LogP contribution in [0.2, 0.25) is 0 Å². The Balaban J connectivity index is 4.38. The zero-order valence-electron chi connectivity index (χ0n) is 50.9. The van der Waals surface area contributed by atoms with Crippen LogP contribution in [0.4, 0.5) is 0 Å². The van der Waals surface area contributed by atoms with E-state index in [0.717, 1.165) is 116 Å². The van der Waals surface area contributed by atoms with Gasteiger partial charge in [0.15, 0.2) is 6.10 Å². The van der Waals surface area contributed by atoms with Gasteiger partial charge in [0.2, 0.25) is 0 Å². The monoisotopic (exact) mass is 1080 g/mol. The summed E-state index contributed by atoms with van der Waals surface area (Å²) in [4.78, 5) is 38.3. The Morgan fingerprint density at radius 2 is 0.513 bits per heavy atom. The molecule has 0 aliphatic rings. The minimum atomic E-state index is -0.815. The smallest absolute Gasteiger partial charge is 0.306 e. The number of hydrogen-bond donors (Lipinski definition) is 0. The largest absolute Gasteiger partial charge is 0.462 e. The fraction of sp³-hybridized carbons (Fsp3) is 0.681. The zero-order valence-corrected chi connectivity index (χ0v) is 50.9. The standard InChI is InChI=1S/C72H120O6/c1-4-7-10-13-16-19-22-25-28-31-32-33-34-35-36-37-38-39-40-42-44-47-50-53-56-59-62-65-71(74)77-68-69(67-76-70(73)64-61-58-55-52-49-46-43-30-27-24-21-18-15-12-9-6-3)78-72(75)66-63-60-57-54-51-48-45-41-29-26-23-20-17-14-11-8-5-2/h7-8,10-11,16-17,19-20,25-26,28-30,32-33,43,45,48,54,57,69H,4-6,9,12-15,18,21-24,27,31,34-42,44,46-47,49-53,55-56,58-68H2,1-3H3/b10-7-,11-8-,19-16-,20-17-,28-25-,29-26-,33-32-,43-30-,48-45-,57-54-. The molecule has 0 heterocycles. The molecule has 0 aliphatic carbocycles. The number of ether oxygens (including phenoxy) is 3. The molecule has 444 valence electrons. The second-order valence-corrected chi connectivity index (χ2v) is 21.3. The summed E-state index contributed by atoms with van der Waals surface area (Å²) in [5, 5.41) is 0. The van der Waals surface area contributed by atoms with Crippen LogP contribution in [-0.4, -0.2) is 37.2 Å². The highest BCUT2D eigenvalue weighted by Crippen LogP contribution is 2.16. The van der Waals surface area contributed by atoms with Crippen LogP contribution in [0.25, 0.3) is 0 Å². The quantitative estimate of drug-likeness (QED) is 0.0261. The van der Waals surface area contributed by atoms with Crippen LogP contribution < -0.4 is 0 Å². The lowest BCUT2D eigenvalue weighted by Crippen LogP contribution is -2.30. The third-order valence-electron chi connectivity index (χ3n) is 13.7. The molecule has 6 heteroatoms. The molecule has 0 aromatic carbocycles. The van der Waals surface area contributed by atoms with Crippen LogP contribution in [0.5, 0.6) is 0 Å². The van der Waals surface area contributed by atoms with Crippen LogP contribution in [0.1, 0.15) is 297 Å². The van der Waals surface area contributed by atoms with Crippen molar-refractivity contribution >= 4 is 17.9 Å². The molecule has 0 aliphatic heterocycles. The highest BCUT2D eigenvalue weighted by molar-refractivity contribution is 5.71. The van der Waals surface area contributed by atoms with Crippen molar-refractivity contribution in [2.75, 3.05) is 13.2 Å². The minimum Gasteiger partial charge on any atom is -0.462 e. The molecule has 1 unspecified atom stereocenters. The second-order valence-electron chi connectivity index (χ2n) is 21.3. The number of unbranched alkanes of at least 4 members (excludes halogenated alkanes) is 27. The van der Waals surface area contributed by atoms with Gasteiger partial charge >= 0.3 is 17.9 Å². The maximum absolute atomic E-state index is 12.9. The first-order valence-corrected chi connectivity index (χ1v) is 32.5. The van der Waals surface area contributed by atoms with E-state index < -0.39 is 6.10 Å². The van der Waals surface area contributed by atoms with Gasteiger partial charge in [0.1, 0.15) is 13.2 Å². The minimum absolute atomic E-state index is 0.104. The summed E-state index contributed by atoms with van der Waals surface area (Å²) < 4.78 is 16.9. The van der Waals surface area contributed by atoms with Gasteiger partial charge in [-0.2, -0.15) is 0 Å². The summed E-state index contributed by atoms with van der Waals surface area (Å²) in [5.41, 5.74) is 0. The molecule has 78 heavy (non-hydrogen) atoms. The Morgan fingerprint density at radius 3 is 0.833 bits per heavy atom. The highest BCUT2D eigenvalue weighted by atomic mass is 16.6. The van der Waals surface area contributed by atoms with Gasteiger partial charge in [0.25, 0.3) is 0 Å². The molecule has 0 fully saturated rings. The summed E-state index contributed by atoms with van der Waals surface area (Å²) in [5.74, 6) is -0.966. The first-order chi connectivity index (χ1) is 38.5. The van der Waals surface area contributed by atoms with Crippen molar-refractivity contribution in [2.24, 2.45) is 0 Å². The van der Waals surface area contributed by atoms with E-state index in [2.05, 4.69) is 142 Å². The van der Waals surface area contributed by atoms with Crippen molar-refractivity contribution in [3.63, 3.8) is 0 Å². The number of hydrogen-bond acceptors (Lipinski definition) is 6. The molecule has 0 amide bonds. The van der Waals surface area contributed by atoms with Crippen LogP contribution in [0.3, 0.4) is 0 Å². The van der Waals surface area contributed by atoms with E-state index in [4.69, 9.17) is 14.2 Å². The highest BCUT2D eigenvalue weighted by Gasteiger charge is 2.19. The van der Waals surface area contributed by atoms with Crippen LogP contribution >= 0.6 is 0 Å². The number of carbonyl (C=O) groups excluding carboxylic acids is 3. The van der Waals surface area contributed by atoms with Gasteiger partial charge in [0, 0.05) is 19.3 Å². The van der Waals surface area contributed by atoms with E-state index in [1.807, 2.05) is 0 Å². The molecule has 0 N–H and O–H groups in total. The summed E-state index contributed by atoms with van der Waals surface area (Å²) >= 11 is 0. The number of esters is 3. The van der Waals surface area contributed by atoms with Crippen molar-refractivity contribution in [1.29, 1.82) is 0 Å². The predicted molar refractivity (Wildman–Crippen MR) is 339 cm³/mol. The lowest BCUT2D eigenvalue weighted by atomic mass is 10.0. The molecule has 6 nitrogen and oxygen atoms in total. The molecule has 0 aromatic rings. The molecular formula is C72H120O6. The lowest BCUT2D eigenvalue weighted by Gasteiger charge is -2.18. The number of carbonyl (C=O) groups is 3. The normalized spacial score (nSPS) is 12.9. The molecule has 0 saturated heterocycles. The van der Waals surface area contributed by atoms with E-state index in [1.165, 1.54) is 135 Å². The van der Waals surface area contributed by atoms with Gasteiger partial charge in [-0.1, -0.05) is 277 Å². The Hall–Kier alpha value is -4.19. The molecule has 0 bridgehead atoms. The van der Waals surface area contributed by atoms with Crippen molar-refractivity contribution in [1.82, 2.24) is 0 Å². The molecule has 0 radical (unpaired) electrons. The molecular weight excluding hydrogens is 961 g/mol. The second kappa shape index (κ2) is 65.3. The Kier molecular flexibility index (Phi) is 61.8. The van der Waals surface area contributed by atoms with E-state index in [1.54, 1.807) is 0 Å². The number of rotatable bonds is 58. The molecule has 0 aromatic heterocycles. The molecule has 0 rings (SSSR count). The summed E-state index contributed by atoms with van der Waals surface area (Å²) in [6.45, 7) is 6.38. The third kappa shape index (κ3) is 62.7. The summed E-state index contributed by atoms with van der Waals surface area (Å²) in [6.07, 6.45) is 90.7. The van der Waals surface area contributed by atoms with E-state index >= 15 is 0 Å². The fourth-order valence-electron chi connectivity index (χ4n) is 8.88. The van der Waals surface area contributed by atoms with Crippen LogP contribution in [-0.2, 0) is 28.6 Å². The van der Waals surface area contributed by atoms with Crippen molar-refractivity contribution in [3.8, 4) is 0 Å². The maximum atomic E-state index is 12.9. The van der Waals surface area contributed by atoms with Crippen molar-refractivity contribution in [2.45, 2.75) is 303 Å². The Morgan fingerprint density at radius 1 is 0.269 bits per heavy atom. The zero-order chi connectivity index (χ0) is 56.4. The van der Waals surface area contributed by atoms with Crippen LogP contribution in [0.15, 0.2) is 122 Å². The van der Waals surface area contributed by atoms with Gasteiger partial charge in [0.05, 0.1) is 0 Å². The maximum Gasteiger partial charge on any atom is 0.306 e. The lowest BCUT2D eigenvalue weighted by molar-refractivity contribution is -0.167. The molecule has 1 atom stereocenters. The third-order valence-corrected chi connectivity index (χ3v) is 13.7. The van der Waals surface area contributed by atoms with Crippen molar-refractivity contribution in [3.05, 3.63) is 122 Å². The molecule has 0 spiro atoms. The van der Waals surface area contributed by atoms with Gasteiger partial charge in [-0.05, 0) is 122 Å². The first-order valence-electron chi connectivity index (χ1n) is 32.5. The van der Waals surface area contributed by atoms with Gasteiger partial charge in [-0.3, -0.25) is 14.4 Å². The summed E-state index contributed by atoms with van der Waals surface area (Å²) in [6, 6.07) is 0. The average molecular weight is 1080 g/mol. The Labute approximate surface area is 482 Å². The first kappa shape index (κ1) is 73.8. The van der Waals surface area contributed by atoms with E-state index in [-0.39, 0.29) is 37.5 Å². The van der Waals surface area contributed by atoms with Gasteiger partial charge in [-0.15, -0.1) is 0 Å². The number of allylic oxidation sites excluding steroid dienone is 20. The van der Waals surface area contributed by atoms with Gasteiger partial charge < -0.3 is 14.2 Å². The van der Waals surface area contributed by atoms with Crippen molar-refractivity contribution < 1.29 is 28.6 Å². The predicted octanol–water partition coefficient (Wildman–Crippen LogP) is 22.4. The topological polar surface area (TPSA) is 78.9 Å². The van der Waals surface area contributed by atoms with Gasteiger partial charge in [-0.25, -0.2) is 0 Å². The Bertz CT molecular complexity index is 1620.